The molecule has 2 nitrogen and oxygen atoms in total. The van der Waals surface area contributed by atoms with Crippen LogP contribution >= 0.6 is 0 Å². The molecular formula is C18H22FNO. The predicted molar refractivity (Wildman–Crippen MR) is 84.4 cm³/mol. The molecule has 0 aliphatic carbocycles. The Morgan fingerprint density at radius 1 is 1.10 bits per heavy atom. The maximum absolute atomic E-state index is 14.0. The van der Waals surface area contributed by atoms with Gasteiger partial charge in [0.1, 0.15) is 17.3 Å². The lowest BCUT2D eigenvalue weighted by molar-refractivity contribution is 0.462. The molecule has 112 valence electrons. The Hall–Kier alpha value is -1.87. The fraction of sp³-hybridized carbons (Fsp3) is 0.333. The highest BCUT2D eigenvalue weighted by Gasteiger charge is 2.12. The molecule has 0 bridgehead atoms. The van der Waals surface area contributed by atoms with E-state index >= 15 is 0 Å². The molecule has 2 N–H and O–H groups in total. The summed E-state index contributed by atoms with van der Waals surface area (Å²) in [5.41, 5.74) is 7.52. The van der Waals surface area contributed by atoms with Crippen molar-refractivity contribution in [2.75, 3.05) is 0 Å². The molecule has 2 aromatic rings. The number of hydrogen-bond acceptors (Lipinski definition) is 2. The summed E-state index contributed by atoms with van der Waals surface area (Å²) in [6, 6.07) is 12.6. The molecule has 0 spiro atoms. The molecular weight excluding hydrogens is 265 g/mol. The van der Waals surface area contributed by atoms with Crippen LogP contribution < -0.4 is 10.5 Å². The van der Waals surface area contributed by atoms with Crippen LogP contribution in [0.25, 0.3) is 0 Å². The third kappa shape index (κ3) is 4.05. The van der Waals surface area contributed by atoms with Gasteiger partial charge in [0.2, 0.25) is 0 Å². The van der Waals surface area contributed by atoms with Crippen LogP contribution in [0.5, 0.6) is 11.5 Å². The zero-order valence-corrected chi connectivity index (χ0v) is 12.8. The lowest BCUT2D eigenvalue weighted by Crippen LogP contribution is -2.19. The van der Waals surface area contributed by atoms with Crippen molar-refractivity contribution in [2.45, 2.75) is 39.2 Å². The Labute approximate surface area is 125 Å². The molecule has 0 amide bonds. The monoisotopic (exact) mass is 287 g/mol. The average molecular weight is 287 g/mol. The van der Waals surface area contributed by atoms with Crippen LogP contribution in [0.15, 0.2) is 42.5 Å². The summed E-state index contributed by atoms with van der Waals surface area (Å²) in [6.07, 6.45) is 0.450. The largest absolute Gasteiger partial charge is 0.457 e. The molecule has 1 atom stereocenters. The lowest BCUT2D eigenvalue weighted by Gasteiger charge is -2.15. The predicted octanol–water partition coefficient (Wildman–Crippen LogP) is 4.63. The van der Waals surface area contributed by atoms with E-state index < -0.39 is 0 Å². The third-order valence-electron chi connectivity index (χ3n) is 3.35. The summed E-state index contributed by atoms with van der Waals surface area (Å²) in [6.45, 7) is 6.11. The summed E-state index contributed by atoms with van der Waals surface area (Å²) in [5.74, 6) is 1.40. The summed E-state index contributed by atoms with van der Waals surface area (Å²) < 4.78 is 19.9. The first-order valence-electron chi connectivity index (χ1n) is 7.28. The zero-order valence-electron chi connectivity index (χ0n) is 12.8. The average Bonchev–Trinajstić information content (AvgIpc) is 2.42. The molecule has 0 fully saturated rings. The second kappa shape index (κ2) is 6.72. The maximum atomic E-state index is 14.0. The van der Waals surface area contributed by atoms with E-state index in [1.54, 1.807) is 12.1 Å². The highest BCUT2D eigenvalue weighted by Crippen LogP contribution is 2.29. The molecule has 0 aliphatic rings. The van der Waals surface area contributed by atoms with E-state index in [1.807, 2.05) is 25.1 Å². The Morgan fingerprint density at radius 3 is 2.48 bits per heavy atom. The number of rotatable bonds is 5. The number of halogens is 1. The molecule has 2 rings (SSSR count). The summed E-state index contributed by atoms with van der Waals surface area (Å²) in [4.78, 5) is 0. The van der Waals surface area contributed by atoms with Gasteiger partial charge in [-0.25, -0.2) is 4.39 Å². The van der Waals surface area contributed by atoms with Gasteiger partial charge in [0.25, 0.3) is 0 Å². The molecule has 0 saturated heterocycles. The first-order chi connectivity index (χ1) is 9.97. The van der Waals surface area contributed by atoms with Crippen molar-refractivity contribution >= 4 is 0 Å². The minimum absolute atomic E-state index is 0.119. The Balaban J connectivity index is 2.31. The van der Waals surface area contributed by atoms with E-state index in [0.29, 0.717) is 23.7 Å². The normalized spacial score (nSPS) is 12.5. The van der Waals surface area contributed by atoms with E-state index in [4.69, 9.17) is 10.5 Å². The Morgan fingerprint density at radius 2 is 1.81 bits per heavy atom. The lowest BCUT2D eigenvalue weighted by atomic mass is 10.0. The Bertz CT molecular complexity index is 608. The van der Waals surface area contributed by atoms with Crippen molar-refractivity contribution in [2.24, 2.45) is 5.73 Å². The molecule has 0 radical (unpaired) electrons. The van der Waals surface area contributed by atoms with E-state index in [9.17, 15) is 4.39 Å². The van der Waals surface area contributed by atoms with Crippen LogP contribution in [0, 0.1) is 5.82 Å². The summed E-state index contributed by atoms with van der Waals surface area (Å²) in [5, 5.41) is 0. The molecule has 3 heteroatoms. The first kappa shape index (κ1) is 15.5. The zero-order chi connectivity index (χ0) is 15.4. The van der Waals surface area contributed by atoms with Gasteiger partial charge in [-0.15, -0.1) is 0 Å². The van der Waals surface area contributed by atoms with Gasteiger partial charge in [-0.1, -0.05) is 32.0 Å². The molecule has 0 saturated carbocycles. The van der Waals surface area contributed by atoms with E-state index in [1.165, 1.54) is 11.6 Å². The Kier molecular flexibility index (Phi) is 4.97. The molecule has 0 heterocycles. The topological polar surface area (TPSA) is 35.2 Å². The highest BCUT2D eigenvalue weighted by molar-refractivity contribution is 5.40. The summed E-state index contributed by atoms with van der Waals surface area (Å²) in [7, 11) is 0. The molecule has 0 aromatic heterocycles. The minimum atomic E-state index is -0.273. The van der Waals surface area contributed by atoms with Crippen molar-refractivity contribution in [3.8, 4) is 11.5 Å². The van der Waals surface area contributed by atoms with Gasteiger partial charge in [0.15, 0.2) is 0 Å². The van der Waals surface area contributed by atoms with Crippen LogP contribution in [-0.2, 0) is 6.42 Å². The second-order valence-electron chi connectivity index (χ2n) is 5.73. The van der Waals surface area contributed by atoms with E-state index in [0.717, 1.165) is 5.75 Å². The quantitative estimate of drug-likeness (QED) is 0.870. The van der Waals surface area contributed by atoms with Crippen LogP contribution in [-0.4, -0.2) is 6.04 Å². The van der Waals surface area contributed by atoms with Crippen molar-refractivity contribution in [1.29, 1.82) is 0 Å². The standard InChI is InChI=1S/C18H22FNO/c1-12(2)14-6-4-7-15(11-14)21-18-9-5-8-17(19)16(18)10-13(3)20/h4-9,11-13H,10,20H2,1-3H3. The SMILES string of the molecule is CC(N)Cc1c(F)cccc1Oc1cccc(C(C)C)c1. The van der Waals surface area contributed by atoms with Gasteiger partial charge in [-0.3, -0.25) is 0 Å². The third-order valence-corrected chi connectivity index (χ3v) is 3.35. The number of nitrogens with two attached hydrogens (primary N) is 1. The van der Waals surface area contributed by atoms with Crippen LogP contribution in [0.1, 0.15) is 37.8 Å². The number of ether oxygens (including phenoxy) is 1. The van der Waals surface area contributed by atoms with Gasteiger partial charge in [-0.05, 0) is 49.1 Å². The van der Waals surface area contributed by atoms with Crippen LogP contribution in [0.2, 0.25) is 0 Å². The van der Waals surface area contributed by atoms with Crippen LogP contribution in [0.3, 0.4) is 0 Å². The van der Waals surface area contributed by atoms with E-state index in [-0.39, 0.29) is 11.9 Å². The fourth-order valence-electron chi connectivity index (χ4n) is 2.22. The van der Waals surface area contributed by atoms with Crippen molar-refractivity contribution < 1.29 is 9.13 Å². The second-order valence-corrected chi connectivity index (χ2v) is 5.73. The van der Waals surface area contributed by atoms with Gasteiger partial charge >= 0.3 is 0 Å². The van der Waals surface area contributed by atoms with Crippen molar-refractivity contribution in [3.05, 3.63) is 59.4 Å². The van der Waals surface area contributed by atoms with Gasteiger partial charge < -0.3 is 10.5 Å². The van der Waals surface area contributed by atoms with Crippen molar-refractivity contribution in [1.82, 2.24) is 0 Å². The maximum Gasteiger partial charge on any atom is 0.133 e. The molecule has 1 unspecified atom stereocenters. The molecule has 21 heavy (non-hydrogen) atoms. The minimum Gasteiger partial charge on any atom is -0.457 e. The smallest absolute Gasteiger partial charge is 0.133 e. The molecule has 2 aromatic carbocycles. The van der Waals surface area contributed by atoms with Crippen molar-refractivity contribution in [3.63, 3.8) is 0 Å². The number of hydrogen-bond donors (Lipinski definition) is 1. The molecule has 0 aliphatic heterocycles. The van der Waals surface area contributed by atoms with E-state index in [2.05, 4.69) is 19.9 Å². The van der Waals surface area contributed by atoms with Gasteiger partial charge in [0, 0.05) is 11.6 Å². The summed E-state index contributed by atoms with van der Waals surface area (Å²) >= 11 is 0. The fourth-order valence-corrected chi connectivity index (χ4v) is 2.22. The highest BCUT2D eigenvalue weighted by atomic mass is 19.1. The van der Waals surface area contributed by atoms with Crippen LogP contribution in [0.4, 0.5) is 4.39 Å². The number of benzene rings is 2. The van der Waals surface area contributed by atoms with Gasteiger partial charge in [-0.2, -0.15) is 0 Å². The first-order valence-corrected chi connectivity index (χ1v) is 7.28. The van der Waals surface area contributed by atoms with Gasteiger partial charge in [0.05, 0.1) is 0 Å².